The average molecular weight is 359 g/mol. The van der Waals surface area contributed by atoms with Crippen molar-refractivity contribution in [1.82, 2.24) is 19.3 Å². The quantitative estimate of drug-likeness (QED) is 0.574. The molecule has 0 unspecified atom stereocenters. The highest BCUT2D eigenvalue weighted by Gasteiger charge is 2.09. The summed E-state index contributed by atoms with van der Waals surface area (Å²) < 4.78 is 3.87. The van der Waals surface area contributed by atoms with E-state index in [0.29, 0.717) is 13.0 Å². The minimum atomic E-state index is 0.0203. The number of rotatable bonds is 6. The molecule has 0 saturated carbocycles. The third-order valence-electron chi connectivity index (χ3n) is 4.65. The zero-order valence-corrected chi connectivity index (χ0v) is 15.2. The van der Waals surface area contributed by atoms with Crippen molar-refractivity contribution < 1.29 is 4.79 Å². The van der Waals surface area contributed by atoms with Gasteiger partial charge in [0.1, 0.15) is 12.7 Å². The third kappa shape index (κ3) is 3.89. The fourth-order valence-electron chi connectivity index (χ4n) is 3.29. The van der Waals surface area contributed by atoms with Crippen LogP contribution >= 0.6 is 0 Å². The summed E-state index contributed by atoms with van der Waals surface area (Å²) in [6, 6.07) is 16.1. The molecule has 0 atom stereocenters. The van der Waals surface area contributed by atoms with E-state index < -0.39 is 0 Å². The van der Waals surface area contributed by atoms with Crippen molar-refractivity contribution in [2.24, 2.45) is 7.05 Å². The number of nitrogens with one attached hydrogen (secondary N) is 1. The molecule has 1 N–H and O–H groups in total. The summed E-state index contributed by atoms with van der Waals surface area (Å²) in [7, 11) is 2.03. The molecule has 6 heteroatoms. The Labute approximate surface area is 157 Å². The second kappa shape index (κ2) is 7.45. The van der Waals surface area contributed by atoms with E-state index in [0.717, 1.165) is 17.7 Å². The van der Waals surface area contributed by atoms with E-state index in [4.69, 9.17) is 0 Å². The van der Waals surface area contributed by atoms with Gasteiger partial charge < -0.3 is 9.88 Å². The molecule has 2 aromatic heterocycles. The van der Waals surface area contributed by atoms with Crippen molar-refractivity contribution in [3.05, 3.63) is 78.5 Å². The lowest BCUT2D eigenvalue weighted by atomic mass is 10.1. The molecule has 1 amide bonds. The van der Waals surface area contributed by atoms with Gasteiger partial charge in [0.2, 0.25) is 5.91 Å². The molecular weight excluding hydrogens is 338 g/mol. The Bertz CT molecular complexity index is 1050. The van der Waals surface area contributed by atoms with Crippen molar-refractivity contribution in [3.63, 3.8) is 0 Å². The van der Waals surface area contributed by atoms with Crippen LogP contribution in [0.1, 0.15) is 17.5 Å². The Balaban J connectivity index is 1.35. The molecule has 0 saturated heterocycles. The summed E-state index contributed by atoms with van der Waals surface area (Å²) in [5.41, 5.74) is 4.30. The standard InChI is InChI=1S/C21H21N5O/c1-25-13-17(19-4-2-3-5-20(19)25)8-11-21(27)24-18-9-6-16(7-10-18)12-26-15-22-14-23-26/h2-7,9-10,13-15H,8,11-12H2,1H3,(H,24,27). The predicted molar refractivity (Wildman–Crippen MR) is 105 cm³/mol. The number of fused-ring (bicyclic) bond motifs is 1. The first kappa shape index (κ1) is 17.0. The topological polar surface area (TPSA) is 64.7 Å². The van der Waals surface area contributed by atoms with Gasteiger partial charge in [0.25, 0.3) is 0 Å². The van der Waals surface area contributed by atoms with E-state index in [-0.39, 0.29) is 5.91 Å². The summed E-state index contributed by atoms with van der Waals surface area (Å²) in [6.07, 6.45) is 6.48. The van der Waals surface area contributed by atoms with E-state index in [1.807, 2.05) is 43.4 Å². The third-order valence-corrected chi connectivity index (χ3v) is 4.65. The molecule has 0 aliphatic heterocycles. The molecule has 0 radical (unpaired) electrons. The number of hydrogen-bond acceptors (Lipinski definition) is 3. The molecular formula is C21H21N5O. The molecule has 0 aliphatic rings. The molecule has 2 aromatic carbocycles. The summed E-state index contributed by atoms with van der Waals surface area (Å²) in [5, 5.41) is 8.28. The maximum absolute atomic E-state index is 12.3. The molecule has 0 aliphatic carbocycles. The Morgan fingerprint density at radius 2 is 1.93 bits per heavy atom. The number of amides is 1. The number of carbonyl (C=O) groups excluding carboxylic acids is 1. The van der Waals surface area contributed by atoms with Gasteiger partial charge >= 0.3 is 0 Å². The molecule has 136 valence electrons. The van der Waals surface area contributed by atoms with E-state index >= 15 is 0 Å². The van der Waals surface area contributed by atoms with Crippen molar-refractivity contribution >= 4 is 22.5 Å². The van der Waals surface area contributed by atoms with Gasteiger partial charge in [-0.15, -0.1) is 0 Å². The zero-order valence-electron chi connectivity index (χ0n) is 15.2. The monoisotopic (exact) mass is 359 g/mol. The molecule has 2 heterocycles. The first-order valence-corrected chi connectivity index (χ1v) is 8.93. The van der Waals surface area contributed by atoms with E-state index in [2.05, 4.69) is 38.3 Å². The van der Waals surface area contributed by atoms with Crippen LogP contribution in [0.2, 0.25) is 0 Å². The minimum Gasteiger partial charge on any atom is -0.350 e. The number of aromatic nitrogens is 4. The van der Waals surface area contributed by atoms with Gasteiger partial charge in [-0.05, 0) is 35.7 Å². The molecule has 0 bridgehead atoms. The molecule has 4 rings (SSSR count). The highest BCUT2D eigenvalue weighted by molar-refractivity contribution is 5.91. The van der Waals surface area contributed by atoms with Gasteiger partial charge in [0.05, 0.1) is 6.54 Å². The van der Waals surface area contributed by atoms with Crippen LogP contribution in [0, 0.1) is 0 Å². The first-order valence-electron chi connectivity index (χ1n) is 8.93. The van der Waals surface area contributed by atoms with Crippen LogP contribution < -0.4 is 5.32 Å². The number of benzene rings is 2. The minimum absolute atomic E-state index is 0.0203. The molecule has 27 heavy (non-hydrogen) atoms. The highest BCUT2D eigenvalue weighted by atomic mass is 16.1. The number of hydrogen-bond donors (Lipinski definition) is 1. The number of para-hydroxylation sites is 1. The van der Waals surface area contributed by atoms with Gasteiger partial charge in [-0.2, -0.15) is 5.10 Å². The number of nitrogens with zero attached hydrogens (tertiary/aromatic N) is 4. The summed E-state index contributed by atoms with van der Waals surface area (Å²) in [4.78, 5) is 16.3. The fourth-order valence-corrected chi connectivity index (χ4v) is 3.29. The number of carbonyl (C=O) groups is 1. The van der Waals surface area contributed by atoms with Crippen LogP contribution in [0.25, 0.3) is 10.9 Å². The maximum atomic E-state index is 12.3. The van der Waals surface area contributed by atoms with Crippen LogP contribution in [0.4, 0.5) is 5.69 Å². The largest absolute Gasteiger partial charge is 0.350 e. The van der Waals surface area contributed by atoms with Crippen LogP contribution in [0.15, 0.2) is 67.4 Å². The zero-order chi connectivity index (χ0) is 18.6. The lowest BCUT2D eigenvalue weighted by molar-refractivity contribution is -0.116. The Morgan fingerprint density at radius 3 is 2.70 bits per heavy atom. The number of aryl methyl sites for hydroxylation is 2. The maximum Gasteiger partial charge on any atom is 0.224 e. The van der Waals surface area contributed by atoms with Crippen LogP contribution in [-0.4, -0.2) is 25.2 Å². The molecule has 4 aromatic rings. The molecule has 0 fully saturated rings. The van der Waals surface area contributed by atoms with E-state index in [1.165, 1.54) is 22.8 Å². The van der Waals surface area contributed by atoms with Crippen molar-refractivity contribution in [3.8, 4) is 0 Å². The van der Waals surface area contributed by atoms with E-state index in [9.17, 15) is 4.79 Å². The predicted octanol–water partition coefficient (Wildman–Crippen LogP) is 3.39. The summed E-state index contributed by atoms with van der Waals surface area (Å²) >= 11 is 0. The Hall–Kier alpha value is -3.41. The second-order valence-corrected chi connectivity index (χ2v) is 6.62. The lowest BCUT2D eigenvalue weighted by Gasteiger charge is -2.07. The smallest absolute Gasteiger partial charge is 0.224 e. The van der Waals surface area contributed by atoms with Crippen molar-refractivity contribution in [1.29, 1.82) is 0 Å². The molecule has 6 nitrogen and oxygen atoms in total. The number of anilines is 1. The van der Waals surface area contributed by atoms with Crippen molar-refractivity contribution in [2.75, 3.05) is 5.32 Å². The van der Waals surface area contributed by atoms with Crippen LogP contribution in [0.3, 0.4) is 0 Å². The molecule has 0 spiro atoms. The first-order chi connectivity index (χ1) is 13.2. The van der Waals surface area contributed by atoms with Crippen LogP contribution in [0.5, 0.6) is 0 Å². The average Bonchev–Trinajstić information content (AvgIpc) is 3.30. The van der Waals surface area contributed by atoms with Gasteiger partial charge in [-0.25, -0.2) is 9.67 Å². The van der Waals surface area contributed by atoms with Gasteiger partial charge in [0, 0.05) is 36.3 Å². The highest BCUT2D eigenvalue weighted by Crippen LogP contribution is 2.21. The lowest BCUT2D eigenvalue weighted by Crippen LogP contribution is -2.12. The van der Waals surface area contributed by atoms with Crippen molar-refractivity contribution in [2.45, 2.75) is 19.4 Å². The van der Waals surface area contributed by atoms with E-state index in [1.54, 1.807) is 11.0 Å². The Kier molecular flexibility index (Phi) is 4.70. The summed E-state index contributed by atoms with van der Waals surface area (Å²) in [6.45, 7) is 0.662. The Morgan fingerprint density at radius 1 is 1.11 bits per heavy atom. The summed E-state index contributed by atoms with van der Waals surface area (Å²) in [5.74, 6) is 0.0203. The fraction of sp³-hybridized carbons (Fsp3) is 0.190. The second-order valence-electron chi connectivity index (χ2n) is 6.62. The van der Waals surface area contributed by atoms with Crippen LogP contribution in [-0.2, 0) is 24.8 Å². The SMILES string of the molecule is Cn1cc(CCC(=O)Nc2ccc(Cn3cncn3)cc2)c2ccccc21. The van der Waals surface area contributed by atoms with Gasteiger partial charge in [0.15, 0.2) is 0 Å². The normalized spacial score (nSPS) is 11.0. The van der Waals surface area contributed by atoms with Gasteiger partial charge in [-0.1, -0.05) is 30.3 Å². The van der Waals surface area contributed by atoms with Gasteiger partial charge in [-0.3, -0.25) is 4.79 Å².